The van der Waals surface area contributed by atoms with Crippen LogP contribution in [0, 0.1) is 11.3 Å². The van der Waals surface area contributed by atoms with Crippen LogP contribution in [0.5, 0.6) is 0 Å². The minimum atomic E-state index is -0.470. The summed E-state index contributed by atoms with van der Waals surface area (Å²) >= 11 is 1.61. The Morgan fingerprint density at radius 2 is 1.93 bits per heavy atom. The Morgan fingerprint density at radius 1 is 1.14 bits per heavy atom. The van der Waals surface area contributed by atoms with Crippen molar-refractivity contribution in [3.8, 4) is 6.07 Å². The predicted molar refractivity (Wildman–Crippen MR) is 110 cm³/mol. The summed E-state index contributed by atoms with van der Waals surface area (Å²) in [7, 11) is 0. The van der Waals surface area contributed by atoms with Gasteiger partial charge < -0.3 is 10.2 Å². The molecule has 2 unspecified atom stereocenters. The van der Waals surface area contributed by atoms with Crippen LogP contribution in [-0.2, 0) is 16.0 Å². The molecule has 1 aliphatic heterocycles. The molecule has 0 aromatic heterocycles. The Morgan fingerprint density at radius 3 is 2.71 bits per heavy atom. The topological polar surface area (TPSA) is 73.2 Å². The van der Waals surface area contributed by atoms with E-state index in [1.54, 1.807) is 40.9 Å². The number of carbonyl (C=O) groups is 2. The number of carbonyl (C=O) groups excluding carboxylic acids is 2. The smallest absolute Gasteiger partial charge is 0.248 e. The number of nitriles is 1. The second-order valence-electron chi connectivity index (χ2n) is 7.15. The number of nitrogens with zero attached hydrogens (tertiary/aromatic N) is 2. The fourth-order valence-electron chi connectivity index (χ4n) is 3.94. The van der Waals surface area contributed by atoms with E-state index in [0.717, 1.165) is 24.8 Å². The van der Waals surface area contributed by atoms with Gasteiger partial charge in [0.1, 0.15) is 6.04 Å². The molecule has 0 bridgehead atoms. The summed E-state index contributed by atoms with van der Waals surface area (Å²) < 4.78 is 0. The lowest BCUT2D eigenvalue weighted by Gasteiger charge is -2.31. The zero-order valence-electron chi connectivity index (χ0n) is 15.4. The maximum absolute atomic E-state index is 13.3. The number of aryl methyl sites for hydroxylation is 1. The van der Waals surface area contributed by atoms with E-state index in [-0.39, 0.29) is 17.7 Å². The number of nitrogens with one attached hydrogen (secondary N) is 1. The number of amides is 2. The molecule has 1 fully saturated rings. The van der Waals surface area contributed by atoms with Crippen molar-refractivity contribution < 1.29 is 9.59 Å². The number of hydrogen-bond donors (Lipinski definition) is 1. The zero-order valence-corrected chi connectivity index (χ0v) is 16.2. The van der Waals surface area contributed by atoms with Gasteiger partial charge in [-0.1, -0.05) is 24.3 Å². The molecule has 142 valence electrons. The first-order valence-corrected chi connectivity index (χ1v) is 10.6. The summed E-state index contributed by atoms with van der Waals surface area (Å²) in [5.41, 5.74) is 3.54. The molecule has 5 nitrogen and oxygen atoms in total. The fraction of sp³-hybridized carbons (Fsp3) is 0.318. The highest BCUT2D eigenvalue weighted by Crippen LogP contribution is 2.35. The average Bonchev–Trinajstić information content (AvgIpc) is 3.23. The second kappa shape index (κ2) is 8.07. The summed E-state index contributed by atoms with van der Waals surface area (Å²) in [5.74, 6) is 0.865. The summed E-state index contributed by atoms with van der Waals surface area (Å²) in [6.07, 6.45) is 2.84. The van der Waals surface area contributed by atoms with Gasteiger partial charge in [-0.05, 0) is 54.7 Å². The minimum absolute atomic E-state index is 0.0529. The Hall–Kier alpha value is -2.78. The van der Waals surface area contributed by atoms with Crippen LogP contribution in [0.1, 0.15) is 35.4 Å². The highest BCUT2D eigenvalue weighted by atomic mass is 32.2. The van der Waals surface area contributed by atoms with Crippen LogP contribution in [0.15, 0.2) is 48.5 Å². The first kappa shape index (κ1) is 18.6. The van der Waals surface area contributed by atoms with Gasteiger partial charge in [0.15, 0.2) is 0 Å². The third-order valence-electron chi connectivity index (χ3n) is 5.42. The lowest BCUT2D eigenvalue weighted by molar-refractivity contribution is -0.137. The average molecular weight is 391 g/mol. The number of benzene rings is 2. The second-order valence-corrected chi connectivity index (χ2v) is 8.15. The van der Waals surface area contributed by atoms with Gasteiger partial charge >= 0.3 is 0 Å². The van der Waals surface area contributed by atoms with Crippen molar-refractivity contribution in [2.45, 2.75) is 31.2 Å². The predicted octanol–water partition coefficient (Wildman–Crippen LogP) is 3.52. The van der Waals surface area contributed by atoms with Gasteiger partial charge in [0.05, 0.1) is 23.4 Å². The van der Waals surface area contributed by atoms with E-state index in [9.17, 15) is 9.59 Å². The molecule has 2 atom stereocenters. The van der Waals surface area contributed by atoms with Crippen molar-refractivity contribution in [3.63, 3.8) is 0 Å². The number of rotatable bonds is 3. The summed E-state index contributed by atoms with van der Waals surface area (Å²) in [6.45, 7) is 0. The largest absolute Gasteiger partial charge is 0.324 e. The quantitative estimate of drug-likeness (QED) is 0.869. The lowest BCUT2D eigenvalue weighted by atomic mass is 9.82. The van der Waals surface area contributed by atoms with Gasteiger partial charge in [0.25, 0.3) is 0 Å². The number of anilines is 1. The van der Waals surface area contributed by atoms with Crippen LogP contribution in [0.25, 0.3) is 0 Å². The molecular formula is C22H21N3O2S. The van der Waals surface area contributed by atoms with Crippen LogP contribution in [-0.4, -0.2) is 34.4 Å². The van der Waals surface area contributed by atoms with Gasteiger partial charge in [-0.2, -0.15) is 5.26 Å². The molecule has 1 N–H and O–H groups in total. The molecular weight excluding hydrogens is 370 g/mol. The fourth-order valence-corrected chi connectivity index (χ4v) is 5.11. The summed E-state index contributed by atoms with van der Waals surface area (Å²) in [6, 6.07) is 16.5. The van der Waals surface area contributed by atoms with Crippen molar-refractivity contribution in [1.82, 2.24) is 4.90 Å². The Balaban J connectivity index is 1.49. The van der Waals surface area contributed by atoms with Crippen molar-refractivity contribution in [2.24, 2.45) is 0 Å². The third kappa shape index (κ3) is 3.63. The molecule has 0 saturated carbocycles. The molecule has 4 rings (SSSR count). The van der Waals surface area contributed by atoms with Gasteiger partial charge in [0.2, 0.25) is 11.8 Å². The highest BCUT2D eigenvalue weighted by molar-refractivity contribution is 7.99. The normalized spacial score (nSPS) is 20.9. The molecule has 1 saturated heterocycles. The van der Waals surface area contributed by atoms with E-state index in [1.165, 1.54) is 5.56 Å². The SMILES string of the molecule is N#Cc1ccc(NC(=O)C2CSCN2C(=O)C2CCCc3ccccc32)cc1. The third-order valence-corrected chi connectivity index (χ3v) is 6.43. The molecule has 2 aromatic carbocycles. The Kier molecular flexibility index (Phi) is 5.36. The number of hydrogen-bond acceptors (Lipinski definition) is 4. The molecule has 0 spiro atoms. The number of thioether (sulfide) groups is 1. The molecule has 6 heteroatoms. The first-order chi connectivity index (χ1) is 13.7. The molecule has 2 aliphatic rings. The summed E-state index contributed by atoms with van der Waals surface area (Å²) in [4.78, 5) is 27.9. The van der Waals surface area contributed by atoms with E-state index < -0.39 is 6.04 Å². The van der Waals surface area contributed by atoms with E-state index >= 15 is 0 Å². The minimum Gasteiger partial charge on any atom is -0.324 e. The van der Waals surface area contributed by atoms with Crippen LogP contribution >= 0.6 is 11.8 Å². The monoisotopic (exact) mass is 391 g/mol. The maximum atomic E-state index is 13.3. The summed E-state index contributed by atoms with van der Waals surface area (Å²) in [5, 5.41) is 11.8. The van der Waals surface area contributed by atoms with Crippen LogP contribution in [0.4, 0.5) is 5.69 Å². The van der Waals surface area contributed by atoms with Crippen molar-refractivity contribution in [1.29, 1.82) is 5.26 Å². The molecule has 1 heterocycles. The van der Waals surface area contributed by atoms with Crippen LogP contribution in [0.2, 0.25) is 0 Å². The zero-order chi connectivity index (χ0) is 19.5. The Bertz CT molecular complexity index is 936. The maximum Gasteiger partial charge on any atom is 0.248 e. The Labute approximate surface area is 168 Å². The molecule has 2 aromatic rings. The van der Waals surface area contributed by atoms with Gasteiger partial charge in [-0.15, -0.1) is 11.8 Å². The van der Waals surface area contributed by atoms with Crippen molar-refractivity contribution in [2.75, 3.05) is 16.9 Å². The van der Waals surface area contributed by atoms with E-state index in [4.69, 9.17) is 5.26 Å². The molecule has 1 aliphatic carbocycles. The van der Waals surface area contributed by atoms with Crippen LogP contribution in [0.3, 0.4) is 0 Å². The van der Waals surface area contributed by atoms with Crippen LogP contribution < -0.4 is 5.32 Å². The van der Waals surface area contributed by atoms with Gasteiger partial charge in [0, 0.05) is 11.4 Å². The van der Waals surface area contributed by atoms with Crippen molar-refractivity contribution >= 4 is 29.3 Å². The van der Waals surface area contributed by atoms with E-state index in [0.29, 0.717) is 22.9 Å². The standard InChI is InChI=1S/C22H21N3O2S/c23-12-15-8-10-17(11-9-15)24-21(26)20-13-28-14-25(20)22(27)19-7-3-5-16-4-1-2-6-18(16)19/h1-2,4,6,8-11,19-20H,3,5,7,13-14H2,(H,24,26). The van der Waals surface area contributed by atoms with E-state index in [1.807, 2.05) is 18.2 Å². The highest BCUT2D eigenvalue weighted by Gasteiger charge is 2.39. The first-order valence-electron chi connectivity index (χ1n) is 9.44. The van der Waals surface area contributed by atoms with Crippen molar-refractivity contribution in [3.05, 3.63) is 65.2 Å². The lowest BCUT2D eigenvalue weighted by Crippen LogP contribution is -2.46. The van der Waals surface area contributed by atoms with Gasteiger partial charge in [-0.3, -0.25) is 9.59 Å². The number of fused-ring (bicyclic) bond motifs is 1. The molecule has 0 radical (unpaired) electrons. The van der Waals surface area contributed by atoms with Gasteiger partial charge in [-0.25, -0.2) is 0 Å². The van der Waals surface area contributed by atoms with E-state index in [2.05, 4.69) is 17.5 Å². The molecule has 28 heavy (non-hydrogen) atoms. The molecule has 2 amide bonds.